The molecule has 1 aromatic rings. The van der Waals surface area contributed by atoms with Crippen molar-refractivity contribution in [2.24, 2.45) is 5.92 Å². The molecule has 2 rings (SSSR count). The minimum Gasteiger partial charge on any atom is -0.310 e. The summed E-state index contributed by atoms with van der Waals surface area (Å²) in [6.07, 6.45) is 2.70. The summed E-state index contributed by atoms with van der Waals surface area (Å²) in [4.78, 5) is 0. The molecule has 1 aliphatic carbocycles. The largest absolute Gasteiger partial charge is 0.310 e. The van der Waals surface area contributed by atoms with E-state index in [-0.39, 0.29) is 0 Å². The molecule has 0 aliphatic heterocycles. The first-order valence-corrected chi connectivity index (χ1v) is 5.94. The Hall–Kier alpha value is -0.820. The fourth-order valence-corrected chi connectivity index (χ4v) is 2.37. The SMILES string of the molecule is Cc1ccc(CNC2CC(C)C2)c(C)c1. The average Bonchev–Trinajstić information content (AvgIpc) is 2.13. The molecule has 1 aliphatic rings. The van der Waals surface area contributed by atoms with E-state index >= 15 is 0 Å². The molecular formula is C14H21N. The van der Waals surface area contributed by atoms with Gasteiger partial charge in [0.15, 0.2) is 0 Å². The monoisotopic (exact) mass is 203 g/mol. The molecule has 0 saturated heterocycles. The minimum atomic E-state index is 0.765. The van der Waals surface area contributed by atoms with Crippen LogP contribution in [0.3, 0.4) is 0 Å². The maximum atomic E-state index is 3.63. The Morgan fingerprint density at radius 1 is 1.27 bits per heavy atom. The zero-order valence-corrected chi connectivity index (χ0v) is 10.0. The summed E-state index contributed by atoms with van der Waals surface area (Å²) >= 11 is 0. The van der Waals surface area contributed by atoms with E-state index in [1.807, 2.05) is 0 Å². The Labute approximate surface area is 92.9 Å². The molecule has 0 atom stereocenters. The van der Waals surface area contributed by atoms with Crippen LogP contribution in [0.5, 0.6) is 0 Å². The summed E-state index contributed by atoms with van der Waals surface area (Å²) in [5.41, 5.74) is 4.21. The first-order valence-electron chi connectivity index (χ1n) is 5.94. The smallest absolute Gasteiger partial charge is 0.0210 e. The second-order valence-electron chi connectivity index (χ2n) is 5.08. The third-order valence-corrected chi connectivity index (χ3v) is 3.45. The van der Waals surface area contributed by atoms with Crippen molar-refractivity contribution in [2.75, 3.05) is 0 Å². The van der Waals surface area contributed by atoms with Crippen LogP contribution in [0.2, 0.25) is 0 Å². The molecule has 0 bridgehead atoms. The van der Waals surface area contributed by atoms with Crippen LogP contribution in [0.1, 0.15) is 36.5 Å². The van der Waals surface area contributed by atoms with Gasteiger partial charge in [0.05, 0.1) is 0 Å². The van der Waals surface area contributed by atoms with Crippen LogP contribution in [0.25, 0.3) is 0 Å². The van der Waals surface area contributed by atoms with Gasteiger partial charge in [-0.15, -0.1) is 0 Å². The highest BCUT2D eigenvalue weighted by molar-refractivity contribution is 5.30. The van der Waals surface area contributed by atoms with E-state index in [0.29, 0.717) is 0 Å². The molecule has 0 aromatic heterocycles. The lowest BCUT2D eigenvalue weighted by Gasteiger charge is -2.33. The van der Waals surface area contributed by atoms with Crippen LogP contribution in [-0.4, -0.2) is 6.04 Å². The van der Waals surface area contributed by atoms with Crippen LogP contribution in [0.4, 0.5) is 0 Å². The van der Waals surface area contributed by atoms with Gasteiger partial charge in [-0.05, 0) is 43.7 Å². The minimum absolute atomic E-state index is 0.765. The standard InChI is InChI=1S/C14H21N/c1-10-4-5-13(12(3)6-10)9-15-14-7-11(2)8-14/h4-6,11,14-15H,7-9H2,1-3H3. The molecule has 0 heterocycles. The molecular weight excluding hydrogens is 182 g/mol. The normalized spacial score (nSPS) is 25.0. The number of benzene rings is 1. The molecule has 0 unspecified atom stereocenters. The van der Waals surface area contributed by atoms with Crippen molar-refractivity contribution in [3.63, 3.8) is 0 Å². The van der Waals surface area contributed by atoms with E-state index in [2.05, 4.69) is 44.3 Å². The van der Waals surface area contributed by atoms with Gasteiger partial charge in [0.25, 0.3) is 0 Å². The highest BCUT2D eigenvalue weighted by Gasteiger charge is 2.24. The zero-order chi connectivity index (χ0) is 10.8. The van der Waals surface area contributed by atoms with E-state index < -0.39 is 0 Å². The lowest BCUT2D eigenvalue weighted by Crippen LogP contribution is -2.39. The molecule has 0 radical (unpaired) electrons. The molecule has 0 spiro atoms. The third kappa shape index (κ3) is 2.60. The quantitative estimate of drug-likeness (QED) is 0.795. The molecule has 0 amide bonds. The van der Waals surface area contributed by atoms with Crippen molar-refractivity contribution in [3.05, 3.63) is 34.9 Å². The van der Waals surface area contributed by atoms with Crippen LogP contribution in [-0.2, 0) is 6.54 Å². The summed E-state index contributed by atoms with van der Waals surface area (Å²) in [6, 6.07) is 7.48. The first-order chi connectivity index (χ1) is 7.15. The van der Waals surface area contributed by atoms with Gasteiger partial charge in [-0.2, -0.15) is 0 Å². The number of nitrogens with one attached hydrogen (secondary N) is 1. The first kappa shape index (κ1) is 10.7. The zero-order valence-electron chi connectivity index (χ0n) is 10.0. The highest BCUT2D eigenvalue weighted by Crippen LogP contribution is 2.26. The van der Waals surface area contributed by atoms with Crippen LogP contribution in [0.15, 0.2) is 18.2 Å². The van der Waals surface area contributed by atoms with Crippen molar-refractivity contribution < 1.29 is 0 Å². The molecule has 1 fully saturated rings. The van der Waals surface area contributed by atoms with Crippen LogP contribution in [0, 0.1) is 19.8 Å². The van der Waals surface area contributed by atoms with Crippen molar-refractivity contribution in [3.8, 4) is 0 Å². The highest BCUT2D eigenvalue weighted by atomic mass is 14.9. The Morgan fingerprint density at radius 2 is 2.00 bits per heavy atom. The van der Waals surface area contributed by atoms with E-state index in [1.54, 1.807) is 0 Å². The van der Waals surface area contributed by atoms with Gasteiger partial charge < -0.3 is 5.32 Å². The van der Waals surface area contributed by atoms with Gasteiger partial charge in [0, 0.05) is 12.6 Å². The van der Waals surface area contributed by atoms with Crippen molar-refractivity contribution in [2.45, 2.75) is 46.2 Å². The van der Waals surface area contributed by atoms with Crippen LogP contribution >= 0.6 is 0 Å². The van der Waals surface area contributed by atoms with Gasteiger partial charge in [-0.25, -0.2) is 0 Å². The van der Waals surface area contributed by atoms with Crippen molar-refractivity contribution >= 4 is 0 Å². The molecule has 1 saturated carbocycles. The maximum Gasteiger partial charge on any atom is 0.0210 e. The number of aryl methyl sites for hydroxylation is 2. The van der Waals surface area contributed by atoms with Crippen molar-refractivity contribution in [1.82, 2.24) is 5.32 Å². The molecule has 15 heavy (non-hydrogen) atoms. The van der Waals surface area contributed by atoms with Gasteiger partial charge in [0.2, 0.25) is 0 Å². The van der Waals surface area contributed by atoms with Gasteiger partial charge in [-0.3, -0.25) is 0 Å². The summed E-state index contributed by atoms with van der Waals surface area (Å²) < 4.78 is 0. The Morgan fingerprint density at radius 3 is 2.60 bits per heavy atom. The Balaban J connectivity index is 1.88. The summed E-state index contributed by atoms with van der Waals surface area (Å²) in [5.74, 6) is 0.932. The number of rotatable bonds is 3. The summed E-state index contributed by atoms with van der Waals surface area (Å²) in [6.45, 7) is 7.71. The van der Waals surface area contributed by atoms with Crippen molar-refractivity contribution in [1.29, 1.82) is 0 Å². The number of hydrogen-bond acceptors (Lipinski definition) is 1. The molecule has 1 N–H and O–H groups in total. The number of hydrogen-bond donors (Lipinski definition) is 1. The van der Waals surface area contributed by atoms with Gasteiger partial charge in [-0.1, -0.05) is 30.7 Å². The van der Waals surface area contributed by atoms with Gasteiger partial charge in [0.1, 0.15) is 0 Å². The molecule has 1 aromatic carbocycles. The third-order valence-electron chi connectivity index (χ3n) is 3.45. The second kappa shape index (κ2) is 4.36. The Bertz CT molecular complexity index is 337. The van der Waals surface area contributed by atoms with Crippen LogP contribution < -0.4 is 5.32 Å². The lowest BCUT2D eigenvalue weighted by atomic mass is 9.82. The molecule has 1 nitrogen and oxygen atoms in total. The predicted octanol–water partition coefficient (Wildman–Crippen LogP) is 3.19. The van der Waals surface area contributed by atoms with Gasteiger partial charge >= 0.3 is 0 Å². The maximum absolute atomic E-state index is 3.63. The predicted molar refractivity (Wildman–Crippen MR) is 64.9 cm³/mol. The van der Waals surface area contributed by atoms with E-state index in [1.165, 1.54) is 29.5 Å². The van der Waals surface area contributed by atoms with E-state index in [9.17, 15) is 0 Å². The lowest BCUT2D eigenvalue weighted by molar-refractivity contribution is 0.240. The van der Waals surface area contributed by atoms with E-state index in [0.717, 1.165) is 18.5 Å². The second-order valence-corrected chi connectivity index (χ2v) is 5.08. The molecule has 1 heteroatoms. The summed E-state index contributed by atoms with van der Waals surface area (Å²) in [5, 5.41) is 3.63. The van der Waals surface area contributed by atoms with E-state index in [4.69, 9.17) is 0 Å². The fraction of sp³-hybridized carbons (Fsp3) is 0.571. The Kier molecular flexibility index (Phi) is 3.11. The molecule has 82 valence electrons. The topological polar surface area (TPSA) is 12.0 Å². The average molecular weight is 203 g/mol. The fourth-order valence-electron chi connectivity index (χ4n) is 2.37. The summed E-state index contributed by atoms with van der Waals surface area (Å²) in [7, 11) is 0.